The van der Waals surface area contributed by atoms with Crippen molar-refractivity contribution in [3.63, 3.8) is 0 Å². The zero-order valence-electron chi connectivity index (χ0n) is 17.6. The van der Waals surface area contributed by atoms with Crippen LogP contribution in [0, 0.1) is 0 Å². The fourth-order valence-electron chi connectivity index (χ4n) is 3.65. The molecular weight excluding hydrogens is 424 g/mol. The van der Waals surface area contributed by atoms with Gasteiger partial charge in [0.1, 0.15) is 0 Å². The first-order valence-corrected chi connectivity index (χ1v) is 12.7. The van der Waals surface area contributed by atoms with E-state index < -0.39 is 0 Å². The predicted molar refractivity (Wildman–Crippen MR) is 137 cm³/mol. The molecule has 5 rings (SSSR count). The van der Waals surface area contributed by atoms with E-state index in [0.717, 1.165) is 0 Å². The summed E-state index contributed by atoms with van der Waals surface area (Å²) in [4.78, 5) is 6.53. The Morgan fingerprint density at radius 2 is 0.750 bits per heavy atom. The average Bonchev–Trinajstić information content (AvgIpc) is 2.88. The van der Waals surface area contributed by atoms with Crippen LogP contribution in [0.15, 0.2) is 164 Å². The van der Waals surface area contributed by atoms with Gasteiger partial charge in [-0.05, 0) is 83.9 Å². The lowest BCUT2D eigenvalue weighted by Crippen LogP contribution is -2.04. The van der Waals surface area contributed by atoms with Crippen LogP contribution in [-0.4, -0.2) is 0 Å². The van der Waals surface area contributed by atoms with Gasteiger partial charge in [0.2, 0.25) is 0 Å². The van der Waals surface area contributed by atoms with Crippen molar-refractivity contribution in [3.8, 4) is 11.1 Å². The van der Waals surface area contributed by atoms with E-state index in [9.17, 15) is 0 Å². The smallest absolute Gasteiger partial charge is 0.0901 e. The number of hydrogen-bond acceptors (Lipinski definition) is 1. The molecule has 0 aromatic heterocycles. The van der Waals surface area contributed by atoms with Crippen molar-refractivity contribution in [3.05, 3.63) is 140 Å². The van der Waals surface area contributed by atoms with Crippen molar-refractivity contribution in [2.45, 2.75) is 24.5 Å². The molecule has 0 radical (unpaired) electrons. The van der Waals surface area contributed by atoms with E-state index in [4.69, 9.17) is 0 Å². The minimum absolute atomic E-state index is 0.143. The molecule has 1 unspecified atom stereocenters. The summed E-state index contributed by atoms with van der Waals surface area (Å²) in [6, 6.07) is 50.0. The van der Waals surface area contributed by atoms with Gasteiger partial charge < -0.3 is 0 Å². The zero-order valence-corrected chi connectivity index (χ0v) is 19.2. The van der Waals surface area contributed by atoms with Crippen molar-refractivity contribution in [2.24, 2.45) is 0 Å². The van der Waals surface area contributed by atoms with Gasteiger partial charge in [0.05, 0.1) is 10.9 Å². The van der Waals surface area contributed by atoms with Gasteiger partial charge in [-0.3, -0.25) is 0 Å². The number of benzene rings is 5. The maximum Gasteiger partial charge on any atom is 0.166 e. The highest BCUT2D eigenvalue weighted by Crippen LogP contribution is 2.34. The van der Waals surface area contributed by atoms with E-state index in [1.165, 1.54) is 35.6 Å². The second-order valence-corrected chi connectivity index (χ2v) is 10.6. The third kappa shape index (κ3) is 4.83. The van der Waals surface area contributed by atoms with E-state index in [1.54, 1.807) is 11.8 Å². The Labute approximate surface area is 197 Å². The summed E-state index contributed by atoms with van der Waals surface area (Å²) >= 11 is 1.80. The molecule has 1 atom stereocenters. The van der Waals surface area contributed by atoms with Gasteiger partial charge in [0, 0.05) is 9.79 Å². The molecule has 0 nitrogen and oxygen atoms in total. The van der Waals surface area contributed by atoms with Gasteiger partial charge in [-0.2, -0.15) is 0 Å². The van der Waals surface area contributed by atoms with Crippen LogP contribution < -0.4 is 0 Å². The first-order chi connectivity index (χ1) is 15.9. The van der Waals surface area contributed by atoms with E-state index in [1.807, 2.05) is 0 Å². The van der Waals surface area contributed by atoms with Crippen LogP contribution in [0.4, 0.5) is 0 Å². The van der Waals surface area contributed by atoms with Gasteiger partial charge in [0.15, 0.2) is 14.7 Å². The monoisotopic (exact) mass is 447 g/mol. The molecule has 32 heavy (non-hydrogen) atoms. The second-order valence-electron chi connectivity index (χ2n) is 7.40. The lowest BCUT2D eigenvalue weighted by atomic mass is 10.1. The quantitative estimate of drug-likeness (QED) is 0.235. The summed E-state index contributed by atoms with van der Waals surface area (Å²) in [5.41, 5.74) is 2.50. The van der Waals surface area contributed by atoms with Crippen LogP contribution in [0.2, 0.25) is 0 Å². The maximum absolute atomic E-state index is 2.28. The summed E-state index contributed by atoms with van der Waals surface area (Å²) in [7, 11) is -0.143. The molecule has 0 heterocycles. The Balaban J connectivity index is 1.47. The molecule has 0 aliphatic heterocycles. The Hall–Kier alpha value is -3.20. The van der Waals surface area contributed by atoms with Gasteiger partial charge in [-0.25, -0.2) is 0 Å². The standard InChI is InChI=1S/C30H23S2/c1-4-10-24(11-5-1)25-16-20-29(21-17-25)32(28-14-8-3-9-15-28)30-22-18-27(19-23-30)31-26-12-6-2-7-13-26/h1-23H/q+1. The van der Waals surface area contributed by atoms with Crippen LogP contribution in [-0.2, 0) is 10.9 Å². The minimum Gasteiger partial charge on any atom is -0.0901 e. The largest absolute Gasteiger partial charge is 0.166 e. The topological polar surface area (TPSA) is 0 Å². The fourth-order valence-corrected chi connectivity index (χ4v) is 6.55. The van der Waals surface area contributed by atoms with Crippen molar-refractivity contribution in [1.82, 2.24) is 0 Å². The highest BCUT2D eigenvalue weighted by molar-refractivity contribution is 7.99. The summed E-state index contributed by atoms with van der Waals surface area (Å²) in [6.45, 7) is 0. The first-order valence-electron chi connectivity index (χ1n) is 10.6. The van der Waals surface area contributed by atoms with Gasteiger partial charge in [-0.1, -0.05) is 78.5 Å². The van der Waals surface area contributed by atoms with Crippen molar-refractivity contribution in [2.75, 3.05) is 0 Å². The zero-order chi connectivity index (χ0) is 21.6. The van der Waals surface area contributed by atoms with Crippen LogP contribution in [0.3, 0.4) is 0 Å². The third-order valence-corrected chi connectivity index (χ3v) is 8.46. The van der Waals surface area contributed by atoms with E-state index in [-0.39, 0.29) is 10.9 Å². The molecular formula is C30H23S2+. The third-order valence-electron chi connectivity index (χ3n) is 5.21. The molecule has 0 amide bonds. The molecule has 0 bridgehead atoms. The minimum atomic E-state index is -0.143. The Morgan fingerprint density at radius 1 is 0.344 bits per heavy atom. The molecule has 0 fully saturated rings. The Bertz CT molecular complexity index is 1250. The van der Waals surface area contributed by atoms with E-state index in [0.29, 0.717) is 0 Å². The van der Waals surface area contributed by atoms with Crippen molar-refractivity contribution >= 4 is 22.7 Å². The molecule has 0 aliphatic carbocycles. The van der Waals surface area contributed by atoms with Crippen LogP contribution in [0.1, 0.15) is 0 Å². The molecule has 154 valence electrons. The van der Waals surface area contributed by atoms with Gasteiger partial charge in [-0.15, -0.1) is 0 Å². The van der Waals surface area contributed by atoms with Crippen LogP contribution in [0.25, 0.3) is 11.1 Å². The summed E-state index contributed by atoms with van der Waals surface area (Å²) in [5, 5.41) is 0. The van der Waals surface area contributed by atoms with Crippen LogP contribution in [0.5, 0.6) is 0 Å². The normalized spacial score (nSPS) is 11.8. The Kier molecular flexibility index (Phi) is 6.43. The SMILES string of the molecule is c1ccc(Sc2ccc([S+](c3ccccc3)c3ccc(-c4ccccc4)cc3)cc2)cc1. The second kappa shape index (κ2) is 9.95. The van der Waals surface area contributed by atoms with E-state index in [2.05, 4.69) is 140 Å². The highest BCUT2D eigenvalue weighted by Gasteiger charge is 2.28. The van der Waals surface area contributed by atoms with Crippen molar-refractivity contribution in [1.29, 1.82) is 0 Å². The lowest BCUT2D eigenvalue weighted by molar-refractivity contribution is 1.28. The molecule has 0 saturated carbocycles. The average molecular weight is 448 g/mol. The summed E-state index contributed by atoms with van der Waals surface area (Å²) in [5.74, 6) is 0. The molecule has 0 N–H and O–H groups in total. The lowest BCUT2D eigenvalue weighted by Gasteiger charge is -2.10. The summed E-state index contributed by atoms with van der Waals surface area (Å²) in [6.07, 6.45) is 0. The fraction of sp³-hybridized carbons (Fsp3) is 0. The number of hydrogen-bond donors (Lipinski definition) is 0. The van der Waals surface area contributed by atoms with E-state index >= 15 is 0 Å². The van der Waals surface area contributed by atoms with Gasteiger partial charge >= 0.3 is 0 Å². The molecule has 0 aliphatic rings. The Morgan fingerprint density at radius 3 is 1.34 bits per heavy atom. The van der Waals surface area contributed by atoms with Gasteiger partial charge in [0.25, 0.3) is 0 Å². The molecule has 5 aromatic carbocycles. The molecule has 2 heteroatoms. The molecule has 0 saturated heterocycles. The van der Waals surface area contributed by atoms with Crippen molar-refractivity contribution < 1.29 is 0 Å². The first kappa shape index (κ1) is 20.7. The molecule has 0 spiro atoms. The predicted octanol–water partition coefficient (Wildman–Crippen LogP) is 8.60. The highest BCUT2D eigenvalue weighted by atomic mass is 32.2. The molecule has 5 aromatic rings. The summed E-state index contributed by atoms with van der Waals surface area (Å²) < 4.78 is 0. The number of rotatable bonds is 6. The maximum atomic E-state index is 2.28. The van der Waals surface area contributed by atoms with Crippen LogP contribution >= 0.6 is 11.8 Å².